The van der Waals surface area contributed by atoms with Crippen molar-refractivity contribution in [3.63, 3.8) is 0 Å². The highest BCUT2D eigenvalue weighted by atomic mass is 32.2. The van der Waals surface area contributed by atoms with Crippen molar-refractivity contribution in [3.8, 4) is 0 Å². The maximum atomic E-state index is 12.6. The van der Waals surface area contributed by atoms with Gasteiger partial charge in [0.1, 0.15) is 0 Å². The van der Waals surface area contributed by atoms with Crippen LogP contribution in [0.4, 0.5) is 0 Å². The fourth-order valence-corrected chi connectivity index (χ4v) is 4.42. The summed E-state index contributed by atoms with van der Waals surface area (Å²) >= 11 is 0. The molecule has 7 heteroatoms. The first-order chi connectivity index (χ1) is 12.0. The van der Waals surface area contributed by atoms with E-state index in [1.807, 2.05) is 6.07 Å². The number of hydrogen-bond donors (Lipinski definition) is 1. The van der Waals surface area contributed by atoms with Crippen LogP contribution in [0.2, 0.25) is 0 Å². The summed E-state index contributed by atoms with van der Waals surface area (Å²) in [6.45, 7) is 2.43. The molecule has 0 spiro atoms. The van der Waals surface area contributed by atoms with E-state index < -0.39 is 16.0 Å². The SMILES string of the molecule is O=C(O)c1ccccc1CN1CCN(S(=O)(=O)c2ccccc2)CC1. The quantitative estimate of drug-likeness (QED) is 0.881. The molecule has 3 rings (SSSR count). The minimum absolute atomic E-state index is 0.293. The van der Waals surface area contributed by atoms with Gasteiger partial charge in [0.25, 0.3) is 0 Å². The standard InChI is InChI=1S/C18H20N2O4S/c21-18(22)17-9-5-4-6-15(17)14-19-10-12-20(13-11-19)25(23,24)16-7-2-1-3-8-16/h1-9H,10-14H2,(H,21,22). The van der Waals surface area contributed by atoms with Crippen molar-refractivity contribution in [1.82, 2.24) is 9.21 Å². The summed E-state index contributed by atoms with van der Waals surface area (Å²) in [5.74, 6) is -0.944. The number of hydrogen-bond acceptors (Lipinski definition) is 4. The van der Waals surface area contributed by atoms with Crippen molar-refractivity contribution in [1.29, 1.82) is 0 Å². The van der Waals surface area contributed by atoms with Gasteiger partial charge in [-0.15, -0.1) is 0 Å². The Morgan fingerprint density at radius 3 is 2.16 bits per heavy atom. The molecule has 0 radical (unpaired) electrons. The molecular formula is C18H20N2O4S. The summed E-state index contributed by atoms with van der Waals surface area (Å²) in [7, 11) is -3.47. The van der Waals surface area contributed by atoms with Crippen LogP contribution in [0.25, 0.3) is 0 Å². The number of piperazine rings is 1. The van der Waals surface area contributed by atoms with Crippen LogP contribution in [-0.2, 0) is 16.6 Å². The molecule has 0 unspecified atom stereocenters. The Balaban J connectivity index is 1.66. The third kappa shape index (κ3) is 3.89. The molecule has 25 heavy (non-hydrogen) atoms. The lowest BCUT2D eigenvalue weighted by Gasteiger charge is -2.34. The number of carboxylic acid groups (broad SMARTS) is 1. The first-order valence-electron chi connectivity index (χ1n) is 8.07. The maximum absolute atomic E-state index is 12.6. The van der Waals surface area contributed by atoms with Crippen LogP contribution in [0.15, 0.2) is 59.5 Å². The molecule has 6 nitrogen and oxygen atoms in total. The smallest absolute Gasteiger partial charge is 0.336 e. The molecule has 2 aromatic carbocycles. The average molecular weight is 360 g/mol. The van der Waals surface area contributed by atoms with Gasteiger partial charge in [0.05, 0.1) is 10.5 Å². The molecule has 0 saturated carbocycles. The Kier molecular flexibility index (Phi) is 5.17. The highest BCUT2D eigenvalue weighted by molar-refractivity contribution is 7.89. The Morgan fingerprint density at radius 1 is 0.920 bits per heavy atom. The van der Waals surface area contributed by atoms with Gasteiger partial charge in [0, 0.05) is 32.7 Å². The first-order valence-corrected chi connectivity index (χ1v) is 9.51. The second-order valence-electron chi connectivity index (χ2n) is 5.96. The summed E-state index contributed by atoms with van der Waals surface area (Å²) in [5.41, 5.74) is 1.04. The lowest BCUT2D eigenvalue weighted by atomic mass is 10.1. The van der Waals surface area contributed by atoms with Crippen LogP contribution in [-0.4, -0.2) is 54.9 Å². The monoisotopic (exact) mass is 360 g/mol. The predicted octanol–water partition coefficient (Wildman–Crippen LogP) is 1.89. The molecular weight excluding hydrogens is 340 g/mol. The van der Waals surface area contributed by atoms with E-state index in [9.17, 15) is 18.3 Å². The van der Waals surface area contributed by atoms with E-state index in [0.717, 1.165) is 5.56 Å². The van der Waals surface area contributed by atoms with E-state index in [1.54, 1.807) is 48.5 Å². The van der Waals surface area contributed by atoms with E-state index in [1.165, 1.54) is 4.31 Å². The fraction of sp³-hybridized carbons (Fsp3) is 0.278. The summed E-state index contributed by atoms with van der Waals surface area (Å²) in [5, 5.41) is 9.26. The van der Waals surface area contributed by atoms with Crippen LogP contribution in [0.1, 0.15) is 15.9 Å². The van der Waals surface area contributed by atoms with Gasteiger partial charge in [0.2, 0.25) is 10.0 Å². The van der Waals surface area contributed by atoms with E-state index in [0.29, 0.717) is 43.2 Å². The number of carboxylic acids is 1. The van der Waals surface area contributed by atoms with E-state index >= 15 is 0 Å². The van der Waals surface area contributed by atoms with Gasteiger partial charge in [-0.2, -0.15) is 4.31 Å². The van der Waals surface area contributed by atoms with Crippen molar-refractivity contribution in [2.24, 2.45) is 0 Å². The predicted molar refractivity (Wildman–Crippen MR) is 93.9 cm³/mol. The minimum atomic E-state index is -3.47. The number of carbonyl (C=O) groups is 1. The van der Waals surface area contributed by atoms with Gasteiger partial charge >= 0.3 is 5.97 Å². The Bertz CT molecular complexity index is 844. The van der Waals surface area contributed by atoms with Crippen LogP contribution in [0.3, 0.4) is 0 Å². The van der Waals surface area contributed by atoms with Gasteiger partial charge in [-0.3, -0.25) is 4.90 Å². The van der Waals surface area contributed by atoms with Crippen LogP contribution >= 0.6 is 0 Å². The Hall–Kier alpha value is -2.22. The number of benzene rings is 2. The molecule has 2 aromatic rings. The highest BCUT2D eigenvalue weighted by Crippen LogP contribution is 2.19. The van der Waals surface area contributed by atoms with Crippen LogP contribution in [0.5, 0.6) is 0 Å². The zero-order valence-corrected chi connectivity index (χ0v) is 14.5. The van der Waals surface area contributed by atoms with E-state index in [4.69, 9.17) is 0 Å². The number of aromatic carboxylic acids is 1. The average Bonchev–Trinajstić information content (AvgIpc) is 2.63. The summed E-state index contributed by atoms with van der Waals surface area (Å²) in [4.78, 5) is 13.7. The maximum Gasteiger partial charge on any atom is 0.336 e. The topological polar surface area (TPSA) is 77.9 Å². The zero-order valence-electron chi connectivity index (χ0n) is 13.7. The van der Waals surface area contributed by atoms with Gasteiger partial charge in [-0.1, -0.05) is 36.4 Å². The van der Waals surface area contributed by atoms with E-state index in [2.05, 4.69) is 4.90 Å². The molecule has 0 atom stereocenters. The van der Waals surface area contributed by atoms with Crippen LogP contribution in [0, 0.1) is 0 Å². The lowest BCUT2D eigenvalue weighted by molar-refractivity contribution is 0.0694. The molecule has 0 amide bonds. The van der Waals surface area contributed by atoms with Crippen LogP contribution < -0.4 is 0 Å². The van der Waals surface area contributed by atoms with Gasteiger partial charge in [0.15, 0.2) is 0 Å². The van der Waals surface area contributed by atoms with E-state index in [-0.39, 0.29) is 0 Å². The zero-order chi connectivity index (χ0) is 17.9. The fourth-order valence-electron chi connectivity index (χ4n) is 2.98. The van der Waals surface area contributed by atoms with Gasteiger partial charge in [-0.05, 0) is 23.8 Å². The molecule has 0 aromatic heterocycles. The molecule has 1 aliphatic heterocycles. The normalized spacial score (nSPS) is 16.6. The molecule has 0 bridgehead atoms. The number of sulfonamides is 1. The third-order valence-electron chi connectivity index (χ3n) is 4.35. The summed E-state index contributed by atoms with van der Waals surface area (Å²) < 4.78 is 26.7. The Labute approximate surface area is 147 Å². The highest BCUT2D eigenvalue weighted by Gasteiger charge is 2.28. The second kappa shape index (κ2) is 7.35. The summed E-state index contributed by atoms with van der Waals surface area (Å²) in [6, 6.07) is 15.3. The lowest BCUT2D eigenvalue weighted by Crippen LogP contribution is -2.48. The van der Waals surface area contributed by atoms with Crippen molar-refractivity contribution in [3.05, 3.63) is 65.7 Å². The number of nitrogens with zero attached hydrogens (tertiary/aromatic N) is 2. The third-order valence-corrected chi connectivity index (χ3v) is 6.27. The minimum Gasteiger partial charge on any atom is -0.478 e. The molecule has 1 aliphatic rings. The number of rotatable bonds is 5. The molecule has 1 saturated heterocycles. The first kappa shape index (κ1) is 17.6. The largest absolute Gasteiger partial charge is 0.478 e. The molecule has 1 heterocycles. The second-order valence-corrected chi connectivity index (χ2v) is 7.89. The van der Waals surface area contributed by atoms with Crippen molar-refractivity contribution < 1.29 is 18.3 Å². The van der Waals surface area contributed by atoms with Crippen molar-refractivity contribution in [2.45, 2.75) is 11.4 Å². The van der Waals surface area contributed by atoms with Crippen molar-refractivity contribution >= 4 is 16.0 Å². The molecule has 1 N–H and O–H groups in total. The summed E-state index contributed by atoms with van der Waals surface area (Å²) in [6.07, 6.45) is 0. The molecule has 132 valence electrons. The molecule has 0 aliphatic carbocycles. The molecule has 1 fully saturated rings. The van der Waals surface area contributed by atoms with Gasteiger partial charge < -0.3 is 5.11 Å². The Morgan fingerprint density at radius 2 is 1.52 bits per heavy atom. The van der Waals surface area contributed by atoms with Gasteiger partial charge in [-0.25, -0.2) is 13.2 Å². The van der Waals surface area contributed by atoms with Crippen molar-refractivity contribution in [2.75, 3.05) is 26.2 Å².